The lowest BCUT2D eigenvalue weighted by Crippen LogP contribution is -2.12. The first kappa shape index (κ1) is 13.4. The van der Waals surface area contributed by atoms with Gasteiger partial charge in [0.25, 0.3) is 0 Å². The van der Waals surface area contributed by atoms with Gasteiger partial charge in [0.2, 0.25) is 0 Å². The van der Waals surface area contributed by atoms with Crippen molar-refractivity contribution in [2.75, 3.05) is 0 Å². The summed E-state index contributed by atoms with van der Waals surface area (Å²) < 4.78 is 6.69. The molecular formula is C14H13BrN2O2. The molecule has 0 bridgehead atoms. The van der Waals surface area contributed by atoms with Gasteiger partial charge in [0, 0.05) is 15.6 Å². The summed E-state index contributed by atoms with van der Waals surface area (Å²) in [7, 11) is 0. The Morgan fingerprint density at radius 3 is 2.74 bits per heavy atom. The van der Waals surface area contributed by atoms with Crippen molar-refractivity contribution in [3.63, 3.8) is 0 Å². The Morgan fingerprint density at radius 2 is 2.00 bits per heavy atom. The molecule has 2 aromatic carbocycles. The average molecular weight is 321 g/mol. The fourth-order valence-corrected chi connectivity index (χ4v) is 1.98. The molecule has 0 unspecified atom stereocenters. The Morgan fingerprint density at radius 1 is 1.21 bits per heavy atom. The van der Waals surface area contributed by atoms with E-state index in [0.29, 0.717) is 17.9 Å². The summed E-state index contributed by atoms with van der Waals surface area (Å²) in [5, 5.41) is 11.6. The molecule has 4 nitrogen and oxygen atoms in total. The van der Waals surface area contributed by atoms with Crippen LogP contribution >= 0.6 is 15.9 Å². The van der Waals surface area contributed by atoms with Crippen LogP contribution in [0.15, 0.2) is 58.2 Å². The number of hydrogen-bond donors (Lipinski definition) is 2. The molecule has 0 aliphatic heterocycles. The Labute approximate surface area is 119 Å². The van der Waals surface area contributed by atoms with Crippen molar-refractivity contribution in [2.24, 2.45) is 10.9 Å². The average Bonchev–Trinajstić information content (AvgIpc) is 2.46. The maximum atomic E-state index is 8.64. The van der Waals surface area contributed by atoms with E-state index in [4.69, 9.17) is 15.7 Å². The normalized spacial score (nSPS) is 11.3. The summed E-state index contributed by atoms with van der Waals surface area (Å²) in [4.78, 5) is 0. The van der Waals surface area contributed by atoms with Crippen LogP contribution in [0.4, 0.5) is 0 Å². The number of amidine groups is 1. The van der Waals surface area contributed by atoms with Crippen LogP contribution in [0.25, 0.3) is 0 Å². The van der Waals surface area contributed by atoms with Crippen LogP contribution in [-0.2, 0) is 6.61 Å². The Bertz CT molecular complexity index is 600. The first-order valence-corrected chi connectivity index (χ1v) is 6.44. The fraction of sp³-hybridized carbons (Fsp3) is 0.0714. The Hall–Kier alpha value is -2.01. The molecule has 2 aromatic rings. The third-order valence-electron chi connectivity index (χ3n) is 2.59. The van der Waals surface area contributed by atoms with Gasteiger partial charge in [0.1, 0.15) is 12.4 Å². The number of nitrogens with zero attached hydrogens (tertiary/aromatic N) is 1. The molecule has 2 rings (SSSR count). The molecule has 0 saturated heterocycles. The molecule has 0 saturated carbocycles. The molecule has 0 amide bonds. The van der Waals surface area contributed by atoms with Gasteiger partial charge in [-0.15, -0.1) is 0 Å². The standard InChI is InChI=1S/C14H13BrN2O2/c15-13-7-2-1-4-11(13)9-19-12-6-3-5-10(8-12)14(16)17-18/h1-8,18H,9H2,(H2,16,17). The SMILES string of the molecule is N/C(=N\O)c1cccc(OCc2ccccc2Br)c1. The molecule has 19 heavy (non-hydrogen) atoms. The third kappa shape index (κ3) is 3.48. The second-order valence-electron chi connectivity index (χ2n) is 3.89. The van der Waals surface area contributed by atoms with Crippen LogP contribution in [0.2, 0.25) is 0 Å². The van der Waals surface area contributed by atoms with E-state index in [1.165, 1.54) is 0 Å². The van der Waals surface area contributed by atoms with E-state index in [0.717, 1.165) is 10.0 Å². The monoisotopic (exact) mass is 320 g/mol. The lowest BCUT2D eigenvalue weighted by atomic mass is 10.2. The number of ether oxygens (including phenoxy) is 1. The minimum absolute atomic E-state index is 0.0614. The molecule has 0 radical (unpaired) electrons. The van der Waals surface area contributed by atoms with Crippen LogP contribution in [0, 0.1) is 0 Å². The molecule has 0 aliphatic rings. The van der Waals surface area contributed by atoms with Gasteiger partial charge in [-0.25, -0.2) is 0 Å². The van der Waals surface area contributed by atoms with E-state index in [9.17, 15) is 0 Å². The lowest BCUT2D eigenvalue weighted by molar-refractivity contribution is 0.305. The molecule has 3 N–H and O–H groups in total. The van der Waals surface area contributed by atoms with Gasteiger partial charge in [0.05, 0.1) is 0 Å². The molecule has 98 valence electrons. The highest BCUT2D eigenvalue weighted by Crippen LogP contribution is 2.19. The highest BCUT2D eigenvalue weighted by molar-refractivity contribution is 9.10. The highest BCUT2D eigenvalue weighted by atomic mass is 79.9. The Balaban J connectivity index is 2.10. The predicted molar refractivity (Wildman–Crippen MR) is 77.4 cm³/mol. The zero-order valence-corrected chi connectivity index (χ0v) is 11.7. The van der Waals surface area contributed by atoms with Gasteiger partial charge in [0.15, 0.2) is 5.84 Å². The van der Waals surface area contributed by atoms with Crippen molar-refractivity contribution in [1.29, 1.82) is 0 Å². The summed E-state index contributed by atoms with van der Waals surface area (Å²) in [6.45, 7) is 0.445. The van der Waals surface area contributed by atoms with Gasteiger partial charge in [-0.2, -0.15) is 0 Å². The van der Waals surface area contributed by atoms with Crippen LogP contribution in [0.1, 0.15) is 11.1 Å². The van der Waals surface area contributed by atoms with Crippen LogP contribution < -0.4 is 10.5 Å². The second-order valence-corrected chi connectivity index (χ2v) is 4.75. The van der Waals surface area contributed by atoms with E-state index in [2.05, 4.69) is 21.1 Å². The molecule has 0 heterocycles. The summed E-state index contributed by atoms with van der Waals surface area (Å²) in [6.07, 6.45) is 0. The van der Waals surface area contributed by atoms with Gasteiger partial charge in [-0.3, -0.25) is 0 Å². The van der Waals surface area contributed by atoms with Crippen molar-refractivity contribution in [3.05, 3.63) is 64.1 Å². The minimum Gasteiger partial charge on any atom is -0.489 e. The van der Waals surface area contributed by atoms with Crippen molar-refractivity contribution in [1.82, 2.24) is 0 Å². The first-order chi connectivity index (χ1) is 9.20. The number of benzene rings is 2. The van der Waals surface area contributed by atoms with E-state index < -0.39 is 0 Å². The molecule has 0 aromatic heterocycles. The first-order valence-electron chi connectivity index (χ1n) is 5.65. The van der Waals surface area contributed by atoms with E-state index in [1.807, 2.05) is 30.3 Å². The van der Waals surface area contributed by atoms with Gasteiger partial charge in [-0.1, -0.05) is 51.4 Å². The molecular weight excluding hydrogens is 308 g/mol. The maximum Gasteiger partial charge on any atom is 0.170 e. The molecule has 0 fully saturated rings. The third-order valence-corrected chi connectivity index (χ3v) is 3.36. The summed E-state index contributed by atoms with van der Waals surface area (Å²) in [5.74, 6) is 0.728. The molecule has 5 heteroatoms. The summed E-state index contributed by atoms with van der Waals surface area (Å²) in [5.41, 5.74) is 7.20. The minimum atomic E-state index is 0.0614. The Kier molecular flexibility index (Phi) is 4.41. The zero-order valence-electron chi connectivity index (χ0n) is 10.1. The van der Waals surface area contributed by atoms with Crippen molar-refractivity contribution >= 4 is 21.8 Å². The van der Waals surface area contributed by atoms with Crippen LogP contribution in [0.5, 0.6) is 5.75 Å². The number of hydrogen-bond acceptors (Lipinski definition) is 3. The molecule has 0 atom stereocenters. The van der Waals surface area contributed by atoms with E-state index >= 15 is 0 Å². The predicted octanol–water partition coefficient (Wildman–Crippen LogP) is 3.12. The zero-order chi connectivity index (χ0) is 13.7. The van der Waals surface area contributed by atoms with Gasteiger partial charge < -0.3 is 15.7 Å². The molecule has 0 spiro atoms. The van der Waals surface area contributed by atoms with Crippen molar-refractivity contribution in [3.8, 4) is 5.75 Å². The number of oxime groups is 1. The largest absolute Gasteiger partial charge is 0.489 e. The van der Waals surface area contributed by atoms with E-state index in [1.54, 1.807) is 18.2 Å². The van der Waals surface area contributed by atoms with E-state index in [-0.39, 0.29) is 5.84 Å². The van der Waals surface area contributed by atoms with Crippen molar-refractivity contribution < 1.29 is 9.94 Å². The fourth-order valence-electron chi connectivity index (χ4n) is 1.58. The maximum absolute atomic E-state index is 8.64. The smallest absolute Gasteiger partial charge is 0.170 e. The highest BCUT2D eigenvalue weighted by Gasteiger charge is 2.03. The second kappa shape index (κ2) is 6.24. The summed E-state index contributed by atoms with van der Waals surface area (Å²) >= 11 is 3.47. The van der Waals surface area contributed by atoms with Crippen LogP contribution in [0.3, 0.4) is 0 Å². The van der Waals surface area contributed by atoms with Gasteiger partial charge in [-0.05, 0) is 18.2 Å². The molecule has 0 aliphatic carbocycles. The van der Waals surface area contributed by atoms with Crippen LogP contribution in [-0.4, -0.2) is 11.0 Å². The van der Waals surface area contributed by atoms with Gasteiger partial charge >= 0.3 is 0 Å². The number of rotatable bonds is 4. The number of halogens is 1. The summed E-state index contributed by atoms with van der Waals surface area (Å²) in [6, 6.07) is 15.0. The van der Waals surface area contributed by atoms with Crippen molar-refractivity contribution in [2.45, 2.75) is 6.61 Å². The number of nitrogens with two attached hydrogens (primary N) is 1. The lowest BCUT2D eigenvalue weighted by Gasteiger charge is -2.09. The quantitative estimate of drug-likeness (QED) is 0.393. The topological polar surface area (TPSA) is 67.8 Å².